The zero-order valence-corrected chi connectivity index (χ0v) is 5.59. The van der Waals surface area contributed by atoms with Crippen molar-refractivity contribution in [2.75, 3.05) is 0 Å². The summed E-state index contributed by atoms with van der Waals surface area (Å²) in [4.78, 5) is 0. The van der Waals surface area contributed by atoms with E-state index in [4.69, 9.17) is 0 Å². The molecule has 2 aliphatic rings. The molecule has 0 radical (unpaired) electrons. The molecule has 0 aromatic rings. The van der Waals surface area contributed by atoms with Gasteiger partial charge < -0.3 is 0 Å². The van der Waals surface area contributed by atoms with Crippen molar-refractivity contribution in [2.24, 2.45) is 17.8 Å². The maximum absolute atomic E-state index is 3.83. The van der Waals surface area contributed by atoms with Crippen LogP contribution in [0.4, 0.5) is 0 Å². The number of hydrogen-bond acceptors (Lipinski definition) is 0. The quantitative estimate of drug-likeness (QED) is 0.466. The Morgan fingerprint density at radius 2 is 2.22 bits per heavy atom. The van der Waals surface area contributed by atoms with Crippen molar-refractivity contribution in [3.05, 3.63) is 24.8 Å². The Hall–Kier alpha value is -0.520. The summed E-state index contributed by atoms with van der Waals surface area (Å²) in [7, 11) is 0. The van der Waals surface area contributed by atoms with E-state index in [1.54, 1.807) is 0 Å². The fraction of sp³-hybridized carbons (Fsp3) is 0.556. The van der Waals surface area contributed by atoms with Gasteiger partial charge in [-0.15, -0.1) is 6.58 Å². The van der Waals surface area contributed by atoms with Gasteiger partial charge in [0, 0.05) is 0 Å². The van der Waals surface area contributed by atoms with Crippen LogP contribution in [-0.2, 0) is 0 Å². The molecule has 0 spiro atoms. The van der Waals surface area contributed by atoms with E-state index < -0.39 is 0 Å². The molecule has 0 heterocycles. The minimum atomic E-state index is 0.806. The Balaban J connectivity index is 2.19. The third-order valence-electron chi connectivity index (χ3n) is 2.63. The van der Waals surface area contributed by atoms with Crippen LogP contribution in [0.25, 0.3) is 0 Å². The summed E-state index contributed by atoms with van der Waals surface area (Å²) in [6.07, 6.45) is 9.61. The van der Waals surface area contributed by atoms with Crippen LogP contribution >= 0.6 is 0 Å². The molecule has 1 fully saturated rings. The smallest absolute Gasteiger partial charge is 0.0165 e. The molecule has 0 N–H and O–H groups in total. The van der Waals surface area contributed by atoms with E-state index in [2.05, 4.69) is 24.8 Å². The molecule has 2 bridgehead atoms. The van der Waals surface area contributed by atoms with Gasteiger partial charge in [-0.05, 0) is 30.6 Å². The van der Waals surface area contributed by atoms with E-state index in [1.807, 2.05) is 0 Å². The van der Waals surface area contributed by atoms with Crippen molar-refractivity contribution in [3.63, 3.8) is 0 Å². The van der Waals surface area contributed by atoms with E-state index in [0.29, 0.717) is 0 Å². The minimum Gasteiger partial charge on any atom is -0.103 e. The third-order valence-corrected chi connectivity index (χ3v) is 2.63. The van der Waals surface area contributed by atoms with Gasteiger partial charge in [0.05, 0.1) is 0 Å². The van der Waals surface area contributed by atoms with Crippen molar-refractivity contribution < 1.29 is 0 Å². The summed E-state index contributed by atoms with van der Waals surface area (Å²) in [5.41, 5.74) is 0. The summed E-state index contributed by atoms with van der Waals surface area (Å²) in [5.74, 6) is 2.56. The van der Waals surface area contributed by atoms with E-state index >= 15 is 0 Å². The number of hydrogen-bond donors (Lipinski definition) is 0. The lowest BCUT2D eigenvalue weighted by molar-refractivity contribution is 0.551. The van der Waals surface area contributed by atoms with Gasteiger partial charge in [-0.1, -0.05) is 18.2 Å². The highest BCUT2D eigenvalue weighted by atomic mass is 14.4. The maximum Gasteiger partial charge on any atom is -0.0165 e. The van der Waals surface area contributed by atoms with Crippen molar-refractivity contribution in [1.82, 2.24) is 0 Å². The molecule has 0 aliphatic heterocycles. The Morgan fingerprint density at radius 1 is 1.33 bits per heavy atom. The average Bonchev–Trinajstić information content (AvgIpc) is 2.45. The Bertz CT molecular complexity index is 155. The van der Waals surface area contributed by atoms with Crippen LogP contribution in [0.3, 0.4) is 0 Å². The van der Waals surface area contributed by atoms with Crippen LogP contribution in [0, 0.1) is 17.8 Å². The molecule has 2 rings (SSSR count). The lowest BCUT2D eigenvalue weighted by atomic mass is 9.94. The topological polar surface area (TPSA) is 0 Å². The molecule has 0 unspecified atom stereocenters. The van der Waals surface area contributed by atoms with Gasteiger partial charge in [0.1, 0.15) is 0 Å². The van der Waals surface area contributed by atoms with Crippen LogP contribution in [0.2, 0.25) is 0 Å². The zero-order chi connectivity index (χ0) is 6.27. The van der Waals surface area contributed by atoms with Gasteiger partial charge in [-0.2, -0.15) is 0 Å². The van der Waals surface area contributed by atoms with Crippen LogP contribution in [0.5, 0.6) is 0 Å². The molecular formula is C9H12. The summed E-state index contributed by atoms with van der Waals surface area (Å²) >= 11 is 0. The first-order chi connectivity index (χ1) is 4.40. The summed E-state index contributed by atoms with van der Waals surface area (Å²) in [5, 5.41) is 0. The van der Waals surface area contributed by atoms with Crippen LogP contribution in [0.1, 0.15) is 12.8 Å². The van der Waals surface area contributed by atoms with Gasteiger partial charge in [0.15, 0.2) is 0 Å². The molecule has 1 saturated carbocycles. The molecule has 2 aliphatic carbocycles. The first-order valence-corrected chi connectivity index (χ1v) is 3.71. The van der Waals surface area contributed by atoms with Crippen LogP contribution < -0.4 is 0 Å². The molecule has 0 saturated heterocycles. The van der Waals surface area contributed by atoms with E-state index in [-0.39, 0.29) is 0 Å². The molecule has 0 nitrogen and oxygen atoms in total. The van der Waals surface area contributed by atoms with E-state index in [9.17, 15) is 0 Å². The molecule has 0 aromatic carbocycles. The highest BCUT2D eigenvalue weighted by Gasteiger charge is 2.33. The largest absolute Gasteiger partial charge is 0.103 e. The van der Waals surface area contributed by atoms with Gasteiger partial charge in [0.2, 0.25) is 0 Å². The van der Waals surface area contributed by atoms with Crippen molar-refractivity contribution >= 4 is 0 Å². The standard InChI is InChI=1S/C9H12/c1-2-8-5-7-3-4-9(8)6-7/h2-4,7-9H,1,5-6H2/t7-,8+,9-/m1/s1. The normalized spacial score (nSPS) is 46.0. The minimum absolute atomic E-state index is 0.806. The third kappa shape index (κ3) is 0.658. The predicted octanol–water partition coefficient (Wildman–Crippen LogP) is 2.38. The monoisotopic (exact) mass is 120 g/mol. The Kier molecular flexibility index (Phi) is 1.01. The molecule has 3 atom stereocenters. The number of allylic oxidation sites excluding steroid dienone is 3. The maximum atomic E-state index is 3.83. The van der Waals surface area contributed by atoms with E-state index in [1.165, 1.54) is 12.8 Å². The first-order valence-electron chi connectivity index (χ1n) is 3.71. The van der Waals surface area contributed by atoms with E-state index in [0.717, 1.165) is 17.8 Å². The van der Waals surface area contributed by atoms with Crippen LogP contribution in [-0.4, -0.2) is 0 Å². The Labute approximate surface area is 56.3 Å². The second kappa shape index (κ2) is 1.73. The summed E-state index contributed by atoms with van der Waals surface area (Å²) in [6.45, 7) is 3.83. The second-order valence-corrected chi connectivity index (χ2v) is 3.18. The summed E-state index contributed by atoms with van der Waals surface area (Å²) < 4.78 is 0. The average molecular weight is 120 g/mol. The van der Waals surface area contributed by atoms with Crippen molar-refractivity contribution in [2.45, 2.75) is 12.8 Å². The first kappa shape index (κ1) is 5.28. The van der Waals surface area contributed by atoms with Crippen molar-refractivity contribution in [3.8, 4) is 0 Å². The highest BCUT2D eigenvalue weighted by Crippen LogP contribution is 2.43. The second-order valence-electron chi connectivity index (χ2n) is 3.18. The molecule has 48 valence electrons. The van der Waals surface area contributed by atoms with Gasteiger partial charge in [-0.3, -0.25) is 0 Å². The van der Waals surface area contributed by atoms with Crippen molar-refractivity contribution in [1.29, 1.82) is 0 Å². The highest BCUT2D eigenvalue weighted by molar-refractivity contribution is 5.13. The fourth-order valence-electron chi connectivity index (χ4n) is 2.09. The molecule has 9 heavy (non-hydrogen) atoms. The molecular weight excluding hydrogens is 108 g/mol. The Morgan fingerprint density at radius 3 is 2.56 bits per heavy atom. The molecule has 0 amide bonds. The lowest BCUT2D eigenvalue weighted by Gasteiger charge is -2.11. The molecule has 0 heteroatoms. The van der Waals surface area contributed by atoms with Gasteiger partial charge in [-0.25, -0.2) is 0 Å². The summed E-state index contributed by atoms with van der Waals surface area (Å²) in [6, 6.07) is 0. The predicted molar refractivity (Wildman–Crippen MR) is 39.0 cm³/mol. The van der Waals surface area contributed by atoms with Crippen LogP contribution in [0.15, 0.2) is 24.8 Å². The SMILES string of the molecule is C=C[C@H]1C[C@H]2C=C[C@@H]1C2. The lowest BCUT2D eigenvalue weighted by Crippen LogP contribution is -2.01. The number of rotatable bonds is 1. The van der Waals surface area contributed by atoms with Gasteiger partial charge in [0.25, 0.3) is 0 Å². The molecule has 0 aromatic heterocycles. The number of fused-ring (bicyclic) bond motifs is 2. The fourth-order valence-corrected chi connectivity index (χ4v) is 2.09. The zero-order valence-electron chi connectivity index (χ0n) is 5.59. The van der Waals surface area contributed by atoms with Gasteiger partial charge >= 0.3 is 0 Å².